The minimum Gasteiger partial charge on any atom is -0.477 e. The Bertz CT molecular complexity index is 2450. The molecule has 0 radical (unpaired) electrons. The van der Waals surface area contributed by atoms with Gasteiger partial charge in [-0.3, -0.25) is 14.4 Å². The summed E-state index contributed by atoms with van der Waals surface area (Å²) in [5.41, 5.74) is 0. The van der Waals surface area contributed by atoms with E-state index in [0.717, 1.165) is 90.9 Å². The Labute approximate surface area is 598 Å². The number of aliphatic carboxylic acids is 2. The number of hydrogen-bond donors (Lipinski definition) is 19. The van der Waals surface area contributed by atoms with E-state index in [2.05, 4.69) is 41.9 Å². The first kappa shape index (κ1) is 90.3. The molecule has 32 nitrogen and oxygen atoms in total. The summed E-state index contributed by atoms with van der Waals surface area (Å²) in [5.74, 6) is -13.1. The summed E-state index contributed by atoms with van der Waals surface area (Å²) in [6.07, 6.45) is -7.27. The zero-order valence-electron chi connectivity index (χ0n) is 59.8. The molecular formula is C70H123N3O29. The van der Waals surface area contributed by atoms with E-state index in [1.54, 1.807) is 6.08 Å². The van der Waals surface area contributed by atoms with Gasteiger partial charge in [-0.25, -0.2) is 9.59 Å². The van der Waals surface area contributed by atoms with Crippen LogP contribution < -0.4 is 16.0 Å². The summed E-state index contributed by atoms with van der Waals surface area (Å²) < 4.78 is 46.4. The van der Waals surface area contributed by atoms with Crippen molar-refractivity contribution in [2.24, 2.45) is 0 Å². The van der Waals surface area contributed by atoms with E-state index in [1.807, 2.05) is 6.08 Å². The number of ether oxygens (including phenoxy) is 8. The lowest BCUT2D eigenvalue weighted by Crippen LogP contribution is -2.72. The van der Waals surface area contributed by atoms with Gasteiger partial charge in [-0.2, -0.15) is 0 Å². The molecule has 0 spiro atoms. The molecular weight excluding hydrogens is 1350 g/mol. The van der Waals surface area contributed by atoms with Crippen molar-refractivity contribution >= 4 is 29.7 Å². The zero-order chi connectivity index (χ0) is 75.5. The molecule has 2 unspecified atom stereocenters. The Kier molecular flexibility index (Phi) is 42.2. The first-order chi connectivity index (χ1) is 48.7. The van der Waals surface area contributed by atoms with Crippen LogP contribution in [0.15, 0.2) is 24.3 Å². The molecule has 0 aromatic heterocycles. The largest absolute Gasteiger partial charge is 0.477 e. The van der Waals surface area contributed by atoms with Gasteiger partial charge >= 0.3 is 11.9 Å². The second kappa shape index (κ2) is 47.6. The van der Waals surface area contributed by atoms with Crippen LogP contribution in [0, 0.1) is 0 Å². The molecule has 0 saturated carbocycles. The quantitative estimate of drug-likeness (QED) is 0.0284. The number of hydrogen-bond acceptors (Lipinski definition) is 27. The Morgan fingerprint density at radius 1 is 0.529 bits per heavy atom. The van der Waals surface area contributed by atoms with Crippen molar-refractivity contribution in [2.75, 3.05) is 33.0 Å². The summed E-state index contributed by atoms with van der Waals surface area (Å²) in [6, 6.07) is -4.73. The van der Waals surface area contributed by atoms with Gasteiger partial charge in [0.05, 0.1) is 69.5 Å². The van der Waals surface area contributed by atoms with Crippen LogP contribution >= 0.6 is 0 Å². The summed E-state index contributed by atoms with van der Waals surface area (Å²) in [7, 11) is 0. The van der Waals surface area contributed by atoms with Crippen LogP contribution in [0.5, 0.6) is 0 Å². The Balaban J connectivity index is 1.50. The fraction of sp³-hybridized carbons (Fsp3) is 0.871. The van der Waals surface area contributed by atoms with Crippen LogP contribution in [-0.2, 0) is 61.9 Å². The lowest BCUT2D eigenvalue weighted by molar-refractivity contribution is -0.388. The van der Waals surface area contributed by atoms with Crippen molar-refractivity contribution in [3.05, 3.63) is 24.3 Å². The predicted octanol–water partition coefficient (Wildman–Crippen LogP) is 0.115. The lowest BCUT2D eigenvalue weighted by Gasteiger charge is -2.51. The third-order valence-corrected chi connectivity index (χ3v) is 19.1. The molecule has 4 saturated heterocycles. The molecule has 24 atom stereocenters. The number of carbonyl (C=O) groups excluding carboxylic acids is 3. The van der Waals surface area contributed by atoms with Crippen molar-refractivity contribution in [3.63, 3.8) is 0 Å². The lowest BCUT2D eigenvalue weighted by atomic mass is 9.87. The first-order valence-corrected chi connectivity index (χ1v) is 36.9. The molecule has 0 aromatic rings. The monoisotopic (exact) mass is 1470 g/mol. The number of carboxylic acid groups (broad SMARTS) is 2. The molecule has 4 fully saturated rings. The van der Waals surface area contributed by atoms with Gasteiger partial charge in [-0.1, -0.05) is 154 Å². The maximum Gasteiger partial charge on any atom is 0.364 e. The van der Waals surface area contributed by atoms with Crippen molar-refractivity contribution in [1.82, 2.24) is 16.0 Å². The van der Waals surface area contributed by atoms with Crippen LogP contribution in [0.1, 0.15) is 207 Å². The molecule has 32 heteroatoms. The predicted molar refractivity (Wildman–Crippen MR) is 363 cm³/mol. The Hall–Kier alpha value is -4.05. The summed E-state index contributed by atoms with van der Waals surface area (Å²) in [6.45, 7) is 1.07. The number of nitrogens with one attached hydrogen (secondary N) is 3. The van der Waals surface area contributed by atoms with Crippen molar-refractivity contribution in [1.29, 1.82) is 0 Å². The molecule has 0 aliphatic carbocycles. The van der Waals surface area contributed by atoms with Gasteiger partial charge in [0.15, 0.2) is 12.6 Å². The average molecular weight is 1470 g/mol. The maximum atomic E-state index is 13.6. The molecule has 4 aliphatic rings. The fourth-order valence-electron chi connectivity index (χ4n) is 13.2. The van der Waals surface area contributed by atoms with E-state index in [9.17, 15) is 106 Å². The van der Waals surface area contributed by atoms with Gasteiger partial charge in [-0.05, 0) is 44.9 Å². The molecule has 4 aliphatic heterocycles. The van der Waals surface area contributed by atoms with Gasteiger partial charge in [0.25, 0.3) is 11.6 Å². The number of amides is 3. The number of rotatable bonds is 51. The molecule has 4 rings (SSSR count). The molecule has 4 heterocycles. The van der Waals surface area contributed by atoms with E-state index in [4.69, 9.17) is 37.9 Å². The number of aliphatic hydroxyl groups is 14. The van der Waals surface area contributed by atoms with Crippen LogP contribution in [-0.4, -0.2) is 290 Å². The Morgan fingerprint density at radius 2 is 0.990 bits per heavy atom. The number of unbranched alkanes of at least 4 members (excludes halogenated alkanes) is 22. The minimum absolute atomic E-state index is 0.146. The van der Waals surface area contributed by atoms with Crippen LogP contribution in [0.4, 0.5) is 0 Å². The minimum atomic E-state index is -3.39. The van der Waals surface area contributed by atoms with E-state index >= 15 is 0 Å². The SMILES string of the molecule is CCCCCC/C=C\CCCCCCCCCC(=O)N[C@@H](CO[C@@H]1O[C@H](CO)[C@@H](O[C@@H]2O[C@H](CO)[C@H](O)[C@H](O[C@]3(C(=O)O)C[C@H](O)[C@@H](NC(C)=O)C([C@H](O)[C@@H](CO)O[C@]4(C(=O)O)C[C@H](O)[C@@H](NC(C)=O)C([C@H](O)[C@H](O)CO)O4)O3)[C@H]2O)[C@H](O)[C@H]1O)[C@H](O)/C=C/CCCCCCCCCCCCC. The normalized spacial score (nSPS) is 31.8. The van der Waals surface area contributed by atoms with E-state index in [1.165, 1.54) is 70.6 Å². The highest BCUT2D eigenvalue weighted by Crippen LogP contribution is 2.41. The summed E-state index contributed by atoms with van der Waals surface area (Å²) >= 11 is 0. The highest BCUT2D eigenvalue weighted by atomic mass is 16.8. The van der Waals surface area contributed by atoms with Gasteiger partial charge in [0.1, 0.15) is 85.5 Å². The number of allylic oxidation sites excluding steroid dienone is 3. The standard InChI is InChI=1S/C70H123N3O29/c1-5-7-9-11-13-15-17-19-20-22-24-26-28-30-32-34-52(84)73-44(45(80)33-31-29-27-25-23-21-18-16-14-12-10-8-6-2)41-95-65-59(89)58(88)61(51(40-77)97-65)98-66-60(90)64(56(86)49(38-75)96-66)102-70(68(93)94)36-47(82)54(72-43(4)79)63(101-70)57(87)50(39-76)99-69(67(91)92)35-46(81)53(71-42(3)78)62(100-69)55(85)48(83)37-74/h15,17,31,33,44-51,53-66,74-77,80-83,85-90H,5-14,16,18-30,32,34-41H2,1-4H3,(H,71,78)(H,72,79)(H,73,84)(H,91,92)(H,93,94)/b17-15-,33-31+/t44-,45+,46-,47-,48+,49+,50+,51+,53+,54+,55+,56-,57+,58+,59+,60+,61+,62?,63?,64-,65+,66-,69+,70-/m0/s1. The second-order valence-electron chi connectivity index (χ2n) is 27.5. The first-order valence-electron chi connectivity index (χ1n) is 36.9. The Morgan fingerprint density at radius 3 is 1.48 bits per heavy atom. The molecule has 592 valence electrons. The van der Waals surface area contributed by atoms with Crippen LogP contribution in [0.2, 0.25) is 0 Å². The van der Waals surface area contributed by atoms with E-state index < -0.39 is 216 Å². The molecule has 19 N–H and O–H groups in total. The van der Waals surface area contributed by atoms with Crippen molar-refractivity contribution < 1.29 is 144 Å². The van der Waals surface area contributed by atoms with E-state index in [0.29, 0.717) is 12.8 Å². The number of aliphatic hydroxyl groups excluding tert-OH is 14. The van der Waals surface area contributed by atoms with Crippen molar-refractivity contribution in [2.45, 2.75) is 354 Å². The summed E-state index contributed by atoms with van der Waals surface area (Å²) in [5, 5.41) is 185. The zero-order valence-corrected chi connectivity index (χ0v) is 59.8. The number of carbonyl (C=O) groups is 5. The fourth-order valence-corrected chi connectivity index (χ4v) is 13.2. The highest BCUT2D eigenvalue weighted by molar-refractivity contribution is 5.78. The highest BCUT2D eigenvalue weighted by Gasteiger charge is 2.62. The average Bonchev–Trinajstić information content (AvgIpc) is 0.755. The van der Waals surface area contributed by atoms with Crippen LogP contribution in [0.3, 0.4) is 0 Å². The van der Waals surface area contributed by atoms with Gasteiger partial charge in [-0.15, -0.1) is 0 Å². The third-order valence-electron chi connectivity index (χ3n) is 19.1. The van der Waals surface area contributed by atoms with Gasteiger partial charge in [0.2, 0.25) is 17.7 Å². The van der Waals surface area contributed by atoms with Gasteiger partial charge < -0.3 is 136 Å². The molecule has 3 amide bonds. The molecule has 0 aromatic carbocycles. The van der Waals surface area contributed by atoms with Crippen LogP contribution in [0.25, 0.3) is 0 Å². The van der Waals surface area contributed by atoms with Gasteiger partial charge in [0, 0.05) is 33.1 Å². The maximum absolute atomic E-state index is 13.6. The molecule has 0 bridgehead atoms. The summed E-state index contributed by atoms with van der Waals surface area (Å²) in [4.78, 5) is 64.9. The number of carboxylic acids is 2. The smallest absolute Gasteiger partial charge is 0.364 e. The topological polar surface area (TPSA) is 519 Å². The molecule has 102 heavy (non-hydrogen) atoms. The third kappa shape index (κ3) is 28.3. The van der Waals surface area contributed by atoms with E-state index in [-0.39, 0.29) is 12.3 Å². The van der Waals surface area contributed by atoms with Crippen molar-refractivity contribution in [3.8, 4) is 0 Å². The second-order valence-corrected chi connectivity index (χ2v) is 27.5.